The van der Waals surface area contributed by atoms with Crippen molar-refractivity contribution < 1.29 is 14.4 Å². The van der Waals surface area contributed by atoms with Gasteiger partial charge in [0.05, 0.1) is 0 Å². The summed E-state index contributed by atoms with van der Waals surface area (Å²) in [5.74, 6) is -0.427. The van der Waals surface area contributed by atoms with Gasteiger partial charge in [-0.25, -0.2) is 4.79 Å². The molecule has 2 atom stereocenters. The molecule has 0 aromatic carbocycles. The molecule has 4 amide bonds. The molecule has 20 heavy (non-hydrogen) atoms. The number of carbonyl (C=O) groups excluding carboxylic acids is 3. The van der Waals surface area contributed by atoms with Gasteiger partial charge in [0.2, 0.25) is 5.91 Å². The van der Waals surface area contributed by atoms with Crippen LogP contribution in [-0.2, 0) is 9.59 Å². The second-order valence-electron chi connectivity index (χ2n) is 6.16. The fourth-order valence-corrected chi connectivity index (χ4v) is 3.15. The molecule has 112 valence electrons. The van der Waals surface area contributed by atoms with Crippen LogP contribution in [0.25, 0.3) is 0 Å². The van der Waals surface area contributed by atoms with Crippen LogP contribution >= 0.6 is 0 Å². The number of imide groups is 1. The van der Waals surface area contributed by atoms with E-state index >= 15 is 0 Å². The number of nitrogens with zero attached hydrogens (tertiary/aromatic N) is 1. The number of hydrogen-bond donors (Lipinski definition) is 2. The molecule has 1 aliphatic carbocycles. The first kappa shape index (κ1) is 14.8. The van der Waals surface area contributed by atoms with E-state index in [1.807, 2.05) is 20.8 Å². The van der Waals surface area contributed by atoms with Gasteiger partial charge in [-0.05, 0) is 32.6 Å². The van der Waals surface area contributed by atoms with E-state index in [0.29, 0.717) is 6.42 Å². The highest BCUT2D eigenvalue weighted by molar-refractivity contribution is 6.09. The van der Waals surface area contributed by atoms with Crippen molar-refractivity contribution in [1.82, 2.24) is 15.5 Å². The van der Waals surface area contributed by atoms with Crippen LogP contribution in [0.5, 0.6) is 0 Å². The van der Waals surface area contributed by atoms with Crippen LogP contribution in [-0.4, -0.2) is 40.9 Å². The van der Waals surface area contributed by atoms with Gasteiger partial charge in [-0.1, -0.05) is 19.8 Å². The van der Waals surface area contributed by atoms with Crippen molar-refractivity contribution in [3.63, 3.8) is 0 Å². The summed E-state index contributed by atoms with van der Waals surface area (Å²) >= 11 is 0. The Balaban J connectivity index is 2.11. The third kappa shape index (κ3) is 2.51. The summed E-state index contributed by atoms with van der Waals surface area (Å²) in [6, 6.07) is -0.450. The number of carbonyl (C=O) groups is 3. The van der Waals surface area contributed by atoms with Crippen LogP contribution < -0.4 is 10.6 Å². The molecule has 0 aromatic heterocycles. The Kier molecular flexibility index (Phi) is 4.01. The van der Waals surface area contributed by atoms with Gasteiger partial charge < -0.3 is 10.6 Å². The van der Waals surface area contributed by atoms with Crippen LogP contribution in [0.15, 0.2) is 0 Å². The van der Waals surface area contributed by atoms with E-state index in [1.165, 1.54) is 0 Å². The van der Waals surface area contributed by atoms with Crippen LogP contribution in [0.1, 0.15) is 46.5 Å². The van der Waals surface area contributed by atoms with Gasteiger partial charge in [-0.3, -0.25) is 14.5 Å². The summed E-state index contributed by atoms with van der Waals surface area (Å²) in [6.07, 6.45) is 3.61. The molecule has 2 aliphatic rings. The number of rotatable bonds is 3. The van der Waals surface area contributed by atoms with Gasteiger partial charge in [0.1, 0.15) is 12.1 Å². The molecule has 6 heteroatoms. The predicted molar refractivity (Wildman–Crippen MR) is 73.9 cm³/mol. The van der Waals surface area contributed by atoms with Crippen LogP contribution in [0.4, 0.5) is 4.79 Å². The summed E-state index contributed by atoms with van der Waals surface area (Å²) < 4.78 is 0. The van der Waals surface area contributed by atoms with Crippen molar-refractivity contribution in [2.75, 3.05) is 6.54 Å². The molecule has 1 heterocycles. The Bertz CT molecular complexity index is 435. The first-order valence-corrected chi connectivity index (χ1v) is 7.30. The molecular formula is C14H23N3O3. The minimum absolute atomic E-state index is 0.00849. The first-order chi connectivity index (χ1) is 9.36. The molecule has 2 rings (SSSR count). The number of nitrogens with one attached hydrogen (secondary N) is 2. The topological polar surface area (TPSA) is 78.5 Å². The highest BCUT2D eigenvalue weighted by Crippen LogP contribution is 2.38. The molecule has 1 saturated heterocycles. The van der Waals surface area contributed by atoms with Gasteiger partial charge >= 0.3 is 6.03 Å². The average Bonchev–Trinajstić information content (AvgIpc) is 2.58. The number of urea groups is 1. The first-order valence-electron chi connectivity index (χ1n) is 7.30. The highest BCUT2D eigenvalue weighted by atomic mass is 16.2. The third-order valence-electron chi connectivity index (χ3n) is 4.25. The van der Waals surface area contributed by atoms with Crippen molar-refractivity contribution >= 4 is 17.8 Å². The summed E-state index contributed by atoms with van der Waals surface area (Å²) in [7, 11) is 0. The zero-order valence-corrected chi connectivity index (χ0v) is 12.4. The molecule has 1 aliphatic heterocycles. The van der Waals surface area contributed by atoms with Gasteiger partial charge in [0.25, 0.3) is 5.91 Å². The molecule has 0 bridgehead atoms. The summed E-state index contributed by atoms with van der Waals surface area (Å²) in [4.78, 5) is 37.4. The molecule has 0 unspecified atom stereocenters. The van der Waals surface area contributed by atoms with E-state index in [2.05, 4.69) is 10.6 Å². The van der Waals surface area contributed by atoms with E-state index in [9.17, 15) is 14.4 Å². The number of hydrogen-bond acceptors (Lipinski definition) is 3. The van der Waals surface area contributed by atoms with Gasteiger partial charge in [0.15, 0.2) is 0 Å². The Labute approximate surface area is 119 Å². The minimum Gasteiger partial charge on any atom is -0.352 e. The Morgan fingerprint density at radius 3 is 2.75 bits per heavy atom. The van der Waals surface area contributed by atoms with Gasteiger partial charge in [-0.15, -0.1) is 0 Å². The summed E-state index contributed by atoms with van der Waals surface area (Å²) in [6.45, 7) is 5.48. The number of amides is 4. The van der Waals surface area contributed by atoms with Crippen LogP contribution in [0.2, 0.25) is 0 Å². The molecule has 2 N–H and O–H groups in total. The lowest BCUT2D eigenvalue weighted by molar-refractivity contribution is -0.137. The molecule has 0 radical (unpaired) electrons. The van der Waals surface area contributed by atoms with Crippen LogP contribution in [0, 0.1) is 5.92 Å². The maximum absolute atomic E-state index is 12.6. The zero-order valence-electron chi connectivity index (χ0n) is 12.4. The summed E-state index contributed by atoms with van der Waals surface area (Å²) in [5.41, 5.74) is -0.784. The Hall–Kier alpha value is -1.59. The van der Waals surface area contributed by atoms with Crippen molar-refractivity contribution in [3.8, 4) is 0 Å². The standard InChI is InChI=1S/C14H23N3O3/c1-9(2)15-11(18)8-17-12(19)14(16-13(17)20)7-5-4-6-10(14)3/h9-10H,4-8H2,1-3H3,(H,15,18)(H,16,20)/t10-,14+/m0/s1. The van der Waals surface area contributed by atoms with Crippen molar-refractivity contribution in [3.05, 3.63) is 0 Å². The van der Waals surface area contributed by atoms with Crippen molar-refractivity contribution in [2.45, 2.75) is 58.0 Å². The van der Waals surface area contributed by atoms with Gasteiger partial charge in [0, 0.05) is 6.04 Å². The van der Waals surface area contributed by atoms with E-state index in [4.69, 9.17) is 0 Å². The van der Waals surface area contributed by atoms with E-state index in [0.717, 1.165) is 24.2 Å². The lowest BCUT2D eigenvalue weighted by Crippen LogP contribution is -2.54. The average molecular weight is 281 g/mol. The fraction of sp³-hybridized carbons (Fsp3) is 0.786. The lowest BCUT2D eigenvalue weighted by Gasteiger charge is -2.36. The normalized spacial score (nSPS) is 30.0. The second-order valence-corrected chi connectivity index (χ2v) is 6.16. The van der Waals surface area contributed by atoms with E-state index < -0.39 is 11.6 Å². The monoisotopic (exact) mass is 281 g/mol. The Morgan fingerprint density at radius 2 is 2.15 bits per heavy atom. The molecule has 2 fully saturated rings. The van der Waals surface area contributed by atoms with E-state index in [-0.39, 0.29) is 30.3 Å². The highest BCUT2D eigenvalue weighted by Gasteiger charge is 2.55. The van der Waals surface area contributed by atoms with E-state index in [1.54, 1.807) is 0 Å². The largest absolute Gasteiger partial charge is 0.352 e. The smallest absolute Gasteiger partial charge is 0.325 e. The zero-order chi connectivity index (χ0) is 14.9. The van der Waals surface area contributed by atoms with Crippen LogP contribution in [0.3, 0.4) is 0 Å². The maximum atomic E-state index is 12.6. The fourth-order valence-electron chi connectivity index (χ4n) is 3.15. The molecule has 0 aromatic rings. The SMILES string of the molecule is CC(C)NC(=O)CN1C(=O)N[C@@]2(CCCC[C@@H]2C)C1=O. The molecular weight excluding hydrogens is 258 g/mol. The molecule has 1 saturated carbocycles. The quantitative estimate of drug-likeness (QED) is 0.758. The molecule has 6 nitrogen and oxygen atoms in total. The maximum Gasteiger partial charge on any atom is 0.325 e. The minimum atomic E-state index is -0.784. The second kappa shape index (κ2) is 5.42. The van der Waals surface area contributed by atoms with Crippen molar-refractivity contribution in [2.24, 2.45) is 5.92 Å². The predicted octanol–water partition coefficient (Wildman–Crippen LogP) is 1.01. The van der Waals surface area contributed by atoms with Gasteiger partial charge in [-0.2, -0.15) is 0 Å². The molecule has 1 spiro atoms. The lowest BCUT2D eigenvalue weighted by atomic mass is 9.73. The Morgan fingerprint density at radius 1 is 1.45 bits per heavy atom. The third-order valence-corrected chi connectivity index (χ3v) is 4.25. The van der Waals surface area contributed by atoms with Crippen molar-refractivity contribution in [1.29, 1.82) is 0 Å². The summed E-state index contributed by atoms with van der Waals surface area (Å²) in [5, 5.41) is 5.54.